The van der Waals surface area contributed by atoms with Gasteiger partial charge in [-0.15, -0.1) is 11.3 Å². The van der Waals surface area contributed by atoms with Gasteiger partial charge in [-0.2, -0.15) is 4.31 Å². The molecule has 1 atom stereocenters. The van der Waals surface area contributed by atoms with Crippen LogP contribution >= 0.6 is 11.3 Å². The Morgan fingerprint density at radius 2 is 1.85 bits per heavy atom. The summed E-state index contributed by atoms with van der Waals surface area (Å²) in [6, 6.07) is 9.44. The average molecular weight is 485 g/mol. The van der Waals surface area contributed by atoms with Crippen LogP contribution in [0.4, 0.5) is 5.82 Å². The number of aromatic nitrogens is 2. The summed E-state index contributed by atoms with van der Waals surface area (Å²) in [7, 11) is -3.33. The Labute approximate surface area is 200 Å². The van der Waals surface area contributed by atoms with E-state index in [9.17, 15) is 8.42 Å². The molecule has 0 radical (unpaired) electrons. The van der Waals surface area contributed by atoms with Gasteiger partial charge in [-0.05, 0) is 42.7 Å². The fourth-order valence-electron chi connectivity index (χ4n) is 4.98. The summed E-state index contributed by atoms with van der Waals surface area (Å²) in [6.45, 7) is 6.79. The number of aryl methyl sites for hydroxylation is 2. The van der Waals surface area contributed by atoms with Gasteiger partial charge in [0.15, 0.2) is 0 Å². The second-order valence-electron chi connectivity index (χ2n) is 9.37. The number of anilines is 1. The molecule has 1 fully saturated rings. The first-order valence-corrected chi connectivity index (χ1v) is 14.4. The Morgan fingerprint density at radius 3 is 2.58 bits per heavy atom. The number of rotatable bonds is 6. The van der Waals surface area contributed by atoms with Crippen LogP contribution in [0.3, 0.4) is 0 Å². The third-order valence-electron chi connectivity index (χ3n) is 6.78. The van der Waals surface area contributed by atoms with Gasteiger partial charge < -0.3 is 4.90 Å². The Morgan fingerprint density at radius 1 is 1.09 bits per heavy atom. The van der Waals surface area contributed by atoms with Crippen LogP contribution in [0.15, 0.2) is 30.3 Å². The molecule has 1 saturated heterocycles. The van der Waals surface area contributed by atoms with Crippen LogP contribution in [-0.4, -0.2) is 48.9 Å². The zero-order chi connectivity index (χ0) is 23.0. The molecule has 33 heavy (non-hydrogen) atoms. The number of benzene rings is 1. The van der Waals surface area contributed by atoms with Crippen molar-refractivity contribution >= 4 is 37.4 Å². The van der Waals surface area contributed by atoms with Crippen molar-refractivity contribution in [1.29, 1.82) is 0 Å². The molecule has 1 aromatic carbocycles. The van der Waals surface area contributed by atoms with E-state index in [0.29, 0.717) is 26.2 Å². The predicted octanol–water partition coefficient (Wildman–Crippen LogP) is 4.42. The van der Waals surface area contributed by atoms with Crippen molar-refractivity contribution in [1.82, 2.24) is 14.3 Å². The van der Waals surface area contributed by atoms with E-state index in [1.54, 1.807) is 4.31 Å². The van der Waals surface area contributed by atoms with Crippen molar-refractivity contribution < 1.29 is 8.42 Å². The molecule has 6 nitrogen and oxygen atoms in total. The van der Waals surface area contributed by atoms with Crippen LogP contribution in [-0.2, 0) is 35.0 Å². The van der Waals surface area contributed by atoms with E-state index in [1.807, 2.05) is 41.7 Å². The largest absolute Gasteiger partial charge is 0.353 e. The van der Waals surface area contributed by atoms with Gasteiger partial charge in [0.1, 0.15) is 16.5 Å². The monoisotopic (exact) mass is 484 g/mol. The molecule has 0 saturated carbocycles. The molecule has 1 aliphatic heterocycles. The molecule has 0 N–H and O–H groups in total. The first-order valence-electron chi connectivity index (χ1n) is 12.0. The predicted molar refractivity (Wildman–Crippen MR) is 135 cm³/mol. The third-order valence-corrected chi connectivity index (χ3v) is 9.78. The highest BCUT2D eigenvalue weighted by Crippen LogP contribution is 2.41. The van der Waals surface area contributed by atoms with Crippen LogP contribution in [0.5, 0.6) is 0 Å². The summed E-state index contributed by atoms with van der Waals surface area (Å²) in [4.78, 5) is 14.8. The second kappa shape index (κ2) is 9.31. The summed E-state index contributed by atoms with van der Waals surface area (Å²) in [5, 5.41) is 1.22. The lowest BCUT2D eigenvalue weighted by Crippen LogP contribution is -2.49. The number of fused-ring (bicyclic) bond motifs is 3. The number of hydrogen-bond acceptors (Lipinski definition) is 6. The summed E-state index contributed by atoms with van der Waals surface area (Å²) >= 11 is 1.84. The minimum Gasteiger partial charge on any atom is -0.353 e. The SMILES string of the molecule is CCCc1nc(N2CCN(S(=O)(=O)Cc3ccccc3)CC2)c2c3c(sc2n1)C[C@H](C)CC3. The minimum atomic E-state index is -3.33. The van der Waals surface area contributed by atoms with Gasteiger partial charge in [0.05, 0.1) is 11.1 Å². The van der Waals surface area contributed by atoms with E-state index in [4.69, 9.17) is 9.97 Å². The molecule has 0 amide bonds. The molecule has 1 aliphatic carbocycles. The highest BCUT2D eigenvalue weighted by molar-refractivity contribution is 7.88. The average Bonchev–Trinajstić information content (AvgIpc) is 3.16. The van der Waals surface area contributed by atoms with E-state index >= 15 is 0 Å². The quantitative estimate of drug-likeness (QED) is 0.518. The lowest BCUT2D eigenvalue weighted by molar-refractivity contribution is 0.383. The van der Waals surface area contributed by atoms with Crippen molar-refractivity contribution in [3.8, 4) is 0 Å². The molecule has 0 unspecified atom stereocenters. The van der Waals surface area contributed by atoms with E-state index in [2.05, 4.69) is 18.7 Å². The van der Waals surface area contributed by atoms with Gasteiger partial charge >= 0.3 is 0 Å². The highest BCUT2D eigenvalue weighted by atomic mass is 32.2. The molecule has 8 heteroatoms. The van der Waals surface area contributed by atoms with Crippen molar-refractivity contribution in [3.63, 3.8) is 0 Å². The summed E-state index contributed by atoms with van der Waals surface area (Å²) in [5.74, 6) is 2.71. The summed E-state index contributed by atoms with van der Waals surface area (Å²) in [6.07, 6.45) is 5.31. The number of hydrogen-bond donors (Lipinski definition) is 0. The molecule has 0 bridgehead atoms. The van der Waals surface area contributed by atoms with E-state index in [0.717, 1.165) is 53.6 Å². The van der Waals surface area contributed by atoms with Crippen molar-refractivity contribution in [2.45, 2.75) is 51.7 Å². The molecule has 176 valence electrons. The first kappa shape index (κ1) is 22.7. The Bertz CT molecular complexity index is 1230. The standard InChI is InChI=1S/C25H32N4O2S2/c1-3-7-22-26-24(23-20-11-10-18(2)16-21(20)32-25(23)27-22)28-12-14-29(15-13-28)33(30,31)17-19-8-5-4-6-9-19/h4-6,8-9,18H,3,7,10-17H2,1-2H3/t18-/m1/s1. The Balaban J connectivity index is 1.41. The van der Waals surface area contributed by atoms with Crippen molar-refractivity contribution in [3.05, 3.63) is 52.2 Å². The fraction of sp³-hybridized carbons (Fsp3) is 0.520. The fourth-order valence-corrected chi connectivity index (χ4v) is 7.90. The molecule has 2 aliphatic rings. The van der Waals surface area contributed by atoms with E-state index in [-0.39, 0.29) is 5.75 Å². The molecule has 2 aromatic heterocycles. The topological polar surface area (TPSA) is 66.4 Å². The normalized spacial score (nSPS) is 19.7. The van der Waals surface area contributed by atoms with Crippen molar-refractivity contribution in [2.24, 2.45) is 5.92 Å². The lowest BCUT2D eigenvalue weighted by Gasteiger charge is -2.35. The van der Waals surface area contributed by atoms with E-state index in [1.165, 1.54) is 22.2 Å². The van der Waals surface area contributed by atoms with Gasteiger partial charge in [-0.25, -0.2) is 18.4 Å². The van der Waals surface area contributed by atoms with Crippen LogP contribution in [0.1, 0.15) is 48.5 Å². The number of piperazine rings is 1. The van der Waals surface area contributed by atoms with Gasteiger partial charge in [0, 0.05) is 37.5 Å². The maximum Gasteiger partial charge on any atom is 0.218 e. The maximum absolute atomic E-state index is 13.0. The van der Waals surface area contributed by atoms with Gasteiger partial charge in [-0.3, -0.25) is 0 Å². The highest BCUT2D eigenvalue weighted by Gasteiger charge is 2.31. The van der Waals surface area contributed by atoms with Crippen LogP contribution in [0.2, 0.25) is 0 Å². The minimum absolute atomic E-state index is 0.0580. The first-order chi connectivity index (χ1) is 15.9. The summed E-state index contributed by atoms with van der Waals surface area (Å²) < 4.78 is 27.7. The number of nitrogens with zero attached hydrogens (tertiary/aromatic N) is 4. The molecular formula is C25H32N4O2S2. The van der Waals surface area contributed by atoms with Crippen LogP contribution in [0, 0.1) is 5.92 Å². The zero-order valence-corrected chi connectivity index (χ0v) is 21.1. The zero-order valence-electron chi connectivity index (χ0n) is 19.5. The second-order valence-corrected chi connectivity index (χ2v) is 12.4. The van der Waals surface area contributed by atoms with Gasteiger partial charge in [0.2, 0.25) is 10.0 Å². The summed E-state index contributed by atoms with van der Waals surface area (Å²) in [5.41, 5.74) is 2.27. The number of thiophene rings is 1. The van der Waals surface area contributed by atoms with Crippen LogP contribution in [0.25, 0.3) is 10.2 Å². The Kier molecular flexibility index (Phi) is 6.42. The molecule has 3 heterocycles. The van der Waals surface area contributed by atoms with Crippen molar-refractivity contribution in [2.75, 3.05) is 31.1 Å². The Hall–Kier alpha value is -2.03. The van der Waals surface area contributed by atoms with Gasteiger partial charge in [-0.1, -0.05) is 44.2 Å². The van der Waals surface area contributed by atoms with E-state index < -0.39 is 10.0 Å². The molecule has 0 spiro atoms. The molecular weight excluding hydrogens is 452 g/mol. The maximum atomic E-state index is 13.0. The van der Waals surface area contributed by atoms with Gasteiger partial charge in [0.25, 0.3) is 0 Å². The van der Waals surface area contributed by atoms with Crippen LogP contribution < -0.4 is 4.90 Å². The molecule has 5 rings (SSSR count). The molecule has 3 aromatic rings. The lowest BCUT2D eigenvalue weighted by atomic mass is 9.89. The third kappa shape index (κ3) is 4.66. The smallest absolute Gasteiger partial charge is 0.218 e. The number of sulfonamides is 1.